The molecule has 0 amide bonds. The van der Waals surface area contributed by atoms with Crippen LogP contribution in [0.3, 0.4) is 0 Å². The van der Waals surface area contributed by atoms with Crippen LogP contribution in [-0.2, 0) is 29.4 Å². The molecular weight excluding hydrogens is 342 g/mol. The second kappa shape index (κ2) is 6.97. The zero-order valence-electron chi connectivity index (χ0n) is 14.0. The van der Waals surface area contributed by atoms with Crippen molar-refractivity contribution in [2.45, 2.75) is 37.6 Å². The summed E-state index contributed by atoms with van der Waals surface area (Å²) in [6, 6.07) is 4.68. The van der Waals surface area contributed by atoms with Gasteiger partial charge in [-0.15, -0.1) is 0 Å². The third-order valence-corrected chi connectivity index (χ3v) is 5.88. The number of nitrogens with one attached hydrogen (secondary N) is 1. The van der Waals surface area contributed by atoms with Gasteiger partial charge in [0.1, 0.15) is 0 Å². The normalized spacial score (nSPS) is 15.1. The number of aromatic nitrogens is 2. The van der Waals surface area contributed by atoms with Crippen molar-refractivity contribution >= 4 is 16.0 Å². The maximum absolute atomic E-state index is 12.7. The van der Waals surface area contributed by atoms with Crippen LogP contribution in [-0.4, -0.2) is 35.8 Å². The molecule has 1 heterocycles. The van der Waals surface area contributed by atoms with Crippen LogP contribution >= 0.6 is 0 Å². The summed E-state index contributed by atoms with van der Waals surface area (Å²) < 4.78 is 29.9. The van der Waals surface area contributed by atoms with Gasteiger partial charge in [0.25, 0.3) is 0 Å². The van der Waals surface area contributed by atoms with Gasteiger partial charge in [0.15, 0.2) is 0 Å². The Bertz CT molecular complexity index is 876. The van der Waals surface area contributed by atoms with Gasteiger partial charge in [-0.1, -0.05) is 6.92 Å². The number of rotatable bonds is 7. The topological polar surface area (TPSA) is 101 Å². The molecule has 0 radical (unpaired) electrons. The van der Waals surface area contributed by atoms with Gasteiger partial charge < -0.3 is 5.11 Å². The minimum Gasteiger partial charge on any atom is -0.478 e. The van der Waals surface area contributed by atoms with Gasteiger partial charge in [-0.05, 0) is 54.5 Å². The van der Waals surface area contributed by atoms with Crippen molar-refractivity contribution < 1.29 is 18.3 Å². The van der Waals surface area contributed by atoms with Crippen LogP contribution in [0.5, 0.6) is 0 Å². The molecule has 1 aromatic carbocycles. The molecule has 134 valence electrons. The number of carbonyl (C=O) groups is 1. The molecule has 2 N–H and O–H groups in total. The summed E-state index contributed by atoms with van der Waals surface area (Å²) >= 11 is 0. The van der Waals surface area contributed by atoms with E-state index in [2.05, 4.69) is 9.82 Å². The number of hydrogen-bond acceptors (Lipinski definition) is 4. The smallest absolute Gasteiger partial charge is 0.335 e. The molecule has 1 unspecified atom stereocenters. The van der Waals surface area contributed by atoms with E-state index in [0.717, 1.165) is 17.5 Å². The zero-order chi connectivity index (χ0) is 18.0. The molecule has 0 saturated heterocycles. The Kier molecular flexibility index (Phi) is 4.91. The fourth-order valence-electron chi connectivity index (χ4n) is 3.15. The highest BCUT2D eigenvalue weighted by atomic mass is 32.2. The molecule has 1 aromatic heterocycles. The second-order valence-corrected chi connectivity index (χ2v) is 8.19. The Labute approximate surface area is 146 Å². The molecule has 1 atom stereocenters. The predicted octanol–water partition coefficient (Wildman–Crippen LogP) is 1.68. The number of carboxylic acids is 1. The van der Waals surface area contributed by atoms with E-state index in [1.165, 1.54) is 6.07 Å². The van der Waals surface area contributed by atoms with E-state index in [-0.39, 0.29) is 22.9 Å². The molecule has 1 aliphatic rings. The number of carboxylic acid groups (broad SMARTS) is 1. The highest BCUT2D eigenvalue weighted by molar-refractivity contribution is 7.89. The highest BCUT2D eigenvalue weighted by Crippen LogP contribution is 2.30. The van der Waals surface area contributed by atoms with E-state index in [1.807, 2.05) is 19.2 Å². The van der Waals surface area contributed by atoms with Gasteiger partial charge in [0.05, 0.1) is 10.5 Å². The lowest BCUT2D eigenvalue weighted by molar-refractivity contribution is 0.0696. The van der Waals surface area contributed by atoms with E-state index in [1.54, 1.807) is 16.9 Å². The fourth-order valence-corrected chi connectivity index (χ4v) is 4.65. The lowest BCUT2D eigenvalue weighted by Crippen LogP contribution is -2.31. The van der Waals surface area contributed by atoms with E-state index in [4.69, 9.17) is 0 Å². The van der Waals surface area contributed by atoms with E-state index < -0.39 is 16.0 Å². The maximum Gasteiger partial charge on any atom is 0.335 e. The minimum atomic E-state index is -3.76. The summed E-state index contributed by atoms with van der Waals surface area (Å²) in [6.45, 7) is 2.79. The Morgan fingerprint density at radius 1 is 1.40 bits per heavy atom. The van der Waals surface area contributed by atoms with Crippen molar-refractivity contribution in [3.63, 3.8) is 0 Å². The van der Waals surface area contributed by atoms with Gasteiger partial charge in [-0.25, -0.2) is 17.9 Å². The molecule has 3 rings (SSSR count). The Morgan fingerprint density at radius 2 is 2.20 bits per heavy atom. The van der Waals surface area contributed by atoms with Crippen LogP contribution in [0.1, 0.15) is 34.8 Å². The number of hydrogen-bond donors (Lipinski definition) is 2. The molecule has 7 nitrogen and oxygen atoms in total. The van der Waals surface area contributed by atoms with Gasteiger partial charge in [0, 0.05) is 25.5 Å². The first kappa shape index (κ1) is 17.6. The van der Waals surface area contributed by atoms with E-state index >= 15 is 0 Å². The molecule has 8 heteroatoms. The molecule has 25 heavy (non-hydrogen) atoms. The van der Waals surface area contributed by atoms with E-state index in [0.29, 0.717) is 19.4 Å². The van der Waals surface area contributed by atoms with Crippen LogP contribution < -0.4 is 4.72 Å². The summed E-state index contributed by atoms with van der Waals surface area (Å²) in [6.07, 6.45) is 5.73. The minimum absolute atomic E-state index is 0.0191. The van der Waals surface area contributed by atoms with Crippen LogP contribution in [0, 0.1) is 5.92 Å². The first-order valence-electron chi connectivity index (χ1n) is 8.23. The predicted molar refractivity (Wildman–Crippen MR) is 92.0 cm³/mol. The lowest BCUT2D eigenvalue weighted by Gasteiger charge is -2.15. The van der Waals surface area contributed by atoms with Crippen LogP contribution in [0.4, 0.5) is 0 Å². The molecule has 1 aliphatic carbocycles. The van der Waals surface area contributed by atoms with Crippen LogP contribution in [0.15, 0.2) is 35.5 Å². The summed E-state index contributed by atoms with van der Waals surface area (Å²) in [5.41, 5.74) is 1.59. The number of aromatic carboxylic acids is 1. The van der Waals surface area contributed by atoms with Gasteiger partial charge in [0.2, 0.25) is 10.0 Å². The summed E-state index contributed by atoms with van der Waals surface area (Å²) in [5.74, 6) is -1.07. The average Bonchev–Trinajstić information content (AvgIpc) is 3.22. The molecule has 0 aliphatic heterocycles. The Balaban J connectivity index is 1.79. The highest BCUT2D eigenvalue weighted by Gasteiger charge is 2.26. The Hall–Kier alpha value is -2.19. The second-order valence-electron chi connectivity index (χ2n) is 6.46. The summed E-state index contributed by atoms with van der Waals surface area (Å²) in [5, 5.41) is 13.4. The maximum atomic E-state index is 12.7. The SMILES string of the molecule is CC(CNS(=O)(=O)c1cc(C(=O)O)cc2c1CCC2)Cn1cccn1. The van der Waals surface area contributed by atoms with Gasteiger partial charge in [-0.3, -0.25) is 4.68 Å². The number of fused-ring (bicyclic) bond motifs is 1. The first-order chi connectivity index (χ1) is 11.9. The quantitative estimate of drug-likeness (QED) is 0.779. The largest absolute Gasteiger partial charge is 0.478 e. The molecule has 2 aromatic rings. The van der Waals surface area contributed by atoms with Crippen molar-refractivity contribution in [2.24, 2.45) is 5.92 Å². The number of nitrogens with zero attached hydrogens (tertiary/aromatic N) is 2. The van der Waals surface area contributed by atoms with Crippen LogP contribution in [0.2, 0.25) is 0 Å². The van der Waals surface area contributed by atoms with Crippen molar-refractivity contribution in [1.82, 2.24) is 14.5 Å². The average molecular weight is 363 g/mol. The standard InChI is InChI=1S/C17H21N3O4S/c1-12(11-20-7-3-6-18-20)10-19-25(23,24)16-9-14(17(21)22)8-13-4-2-5-15(13)16/h3,6-9,12,19H,2,4-5,10-11H2,1H3,(H,21,22). The summed E-state index contributed by atoms with van der Waals surface area (Å²) in [7, 11) is -3.76. The molecule has 0 bridgehead atoms. The summed E-state index contributed by atoms with van der Waals surface area (Å²) in [4.78, 5) is 11.4. The van der Waals surface area contributed by atoms with Crippen LogP contribution in [0.25, 0.3) is 0 Å². The lowest BCUT2D eigenvalue weighted by atomic mass is 10.1. The first-order valence-corrected chi connectivity index (χ1v) is 9.71. The third-order valence-electron chi connectivity index (χ3n) is 4.39. The van der Waals surface area contributed by atoms with Gasteiger partial charge >= 0.3 is 5.97 Å². The molecule has 0 fully saturated rings. The number of aryl methyl sites for hydroxylation is 1. The van der Waals surface area contributed by atoms with Crippen molar-refractivity contribution in [1.29, 1.82) is 0 Å². The van der Waals surface area contributed by atoms with Crippen molar-refractivity contribution in [2.75, 3.05) is 6.54 Å². The number of sulfonamides is 1. The number of benzene rings is 1. The molecule has 0 saturated carbocycles. The van der Waals surface area contributed by atoms with Crippen molar-refractivity contribution in [3.05, 3.63) is 47.3 Å². The zero-order valence-corrected chi connectivity index (χ0v) is 14.8. The third kappa shape index (κ3) is 3.91. The molecular formula is C17H21N3O4S. The molecule has 0 spiro atoms. The van der Waals surface area contributed by atoms with Crippen molar-refractivity contribution in [3.8, 4) is 0 Å². The fraction of sp³-hybridized carbons (Fsp3) is 0.412. The van der Waals surface area contributed by atoms with E-state index in [9.17, 15) is 18.3 Å². The van der Waals surface area contributed by atoms with Gasteiger partial charge in [-0.2, -0.15) is 5.10 Å². The Morgan fingerprint density at radius 3 is 2.88 bits per heavy atom. The monoisotopic (exact) mass is 363 g/mol.